The Morgan fingerprint density at radius 1 is 1.00 bits per heavy atom. The van der Waals surface area contributed by atoms with Gasteiger partial charge in [0.05, 0.1) is 22.8 Å². The van der Waals surface area contributed by atoms with Crippen LogP contribution < -0.4 is 15.6 Å². The highest BCUT2D eigenvalue weighted by Gasteiger charge is 2.37. The maximum absolute atomic E-state index is 13.8. The number of phenolic OH excluding ortho intramolecular Hbond substituents is 1. The second-order valence-corrected chi connectivity index (χ2v) is 10.0. The van der Waals surface area contributed by atoms with Gasteiger partial charge in [0, 0.05) is 35.9 Å². The fourth-order valence-electron chi connectivity index (χ4n) is 5.37. The Morgan fingerprint density at radius 3 is 2.66 bits per heavy atom. The van der Waals surface area contributed by atoms with Crippen LogP contribution in [0.1, 0.15) is 23.0 Å². The van der Waals surface area contributed by atoms with Crippen molar-refractivity contribution in [3.63, 3.8) is 0 Å². The standard InChI is InChI=1S/C30H27N9O2/c1-18-11-13-38-26(18)30(41)39(20-7-4-3-5-8-20)29(36-38)19(2)34-28-25-23(16-31-27(25)32-17-33-28)24-12-14-37(35-24)21-9-6-10-22(40)15-21/h3-17,19,29,36,40H,1-2H3,(H2,31,32,33,34)/t19-,29?/m0/s1. The first-order valence-electron chi connectivity index (χ1n) is 13.2. The van der Waals surface area contributed by atoms with Gasteiger partial charge in [0.25, 0.3) is 5.91 Å². The average molecular weight is 546 g/mol. The van der Waals surface area contributed by atoms with E-state index in [0.29, 0.717) is 17.2 Å². The maximum atomic E-state index is 13.8. The first-order chi connectivity index (χ1) is 20.0. The van der Waals surface area contributed by atoms with Gasteiger partial charge >= 0.3 is 0 Å². The predicted octanol–water partition coefficient (Wildman–Crippen LogP) is 4.66. The number of nitrogens with zero attached hydrogens (tertiary/aromatic N) is 6. The van der Waals surface area contributed by atoms with Crippen LogP contribution in [-0.4, -0.2) is 52.6 Å². The molecule has 2 atom stereocenters. The maximum Gasteiger partial charge on any atom is 0.278 e. The lowest BCUT2D eigenvalue weighted by Gasteiger charge is -2.41. The molecule has 0 saturated heterocycles. The minimum absolute atomic E-state index is 0.0799. The monoisotopic (exact) mass is 545 g/mol. The van der Waals surface area contributed by atoms with Gasteiger partial charge in [-0.2, -0.15) is 5.10 Å². The summed E-state index contributed by atoms with van der Waals surface area (Å²) in [7, 11) is 0. The van der Waals surface area contributed by atoms with Crippen molar-refractivity contribution in [3.05, 3.63) is 103 Å². The predicted molar refractivity (Wildman–Crippen MR) is 157 cm³/mol. The van der Waals surface area contributed by atoms with Crippen LogP contribution in [0.15, 0.2) is 91.6 Å². The average Bonchev–Trinajstić information content (AvgIpc) is 3.72. The van der Waals surface area contributed by atoms with Crippen LogP contribution in [0.3, 0.4) is 0 Å². The van der Waals surface area contributed by atoms with Crippen molar-refractivity contribution in [2.75, 3.05) is 15.6 Å². The molecule has 0 aliphatic carbocycles. The van der Waals surface area contributed by atoms with Crippen LogP contribution >= 0.6 is 0 Å². The molecular weight excluding hydrogens is 518 g/mol. The van der Waals surface area contributed by atoms with Gasteiger partial charge in [-0.3, -0.25) is 14.4 Å². The number of aromatic amines is 1. The number of aromatic nitrogens is 6. The Morgan fingerprint density at radius 2 is 1.83 bits per heavy atom. The minimum atomic E-state index is -0.429. The van der Waals surface area contributed by atoms with Gasteiger partial charge in [0.2, 0.25) is 0 Å². The van der Waals surface area contributed by atoms with E-state index in [-0.39, 0.29) is 17.7 Å². The summed E-state index contributed by atoms with van der Waals surface area (Å²) in [5.74, 6) is 0.702. The van der Waals surface area contributed by atoms with Crippen LogP contribution in [-0.2, 0) is 0 Å². The van der Waals surface area contributed by atoms with Crippen molar-refractivity contribution >= 4 is 28.4 Å². The Kier molecular flexibility index (Phi) is 5.70. The molecule has 5 heterocycles. The molecule has 204 valence electrons. The zero-order valence-electron chi connectivity index (χ0n) is 22.4. The topological polar surface area (TPSA) is 129 Å². The Balaban J connectivity index is 1.25. The lowest BCUT2D eigenvalue weighted by atomic mass is 10.1. The molecule has 1 amide bonds. The van der Waals surface area contributed by atoms with E-state index in [1.807, 2.05) is 81.0 Å². The second kappa shape index (κ2) is 9.56. The summed E-state index contributed by atoms with van der Waals surface area (Å²) in [6, 6.07) is 20.1. The Hall–Kier alpha value is -5.58. The highest BCUT2D eigenvalue weighted by atomic mass is 16.3. The molecule has 11 nitrogen and oxygen atoms in total. The van der Waals surface area contributed by atoms with Crippen LogP contribution in [0.25, 0.3) is 28.0 Å². The number of aromatic hydroxyl groups is 1. The summed E-state index contributed by atoms with van der Waals surface area (Å²) >= 11 is 0. The quantitative estimate of drug-likeness (QED) is 0.240. The van der Waals surface area contributed by atoms with Crippen molar-refractivity contribution in [3.8, 4) is 22.7 Å². The number of aryl methyl sites for hydroxylation is 1. The number of H-pyrrole nitrogens is 1. The largest absolute Gasteiger partial charge is 0.508 e. The highest BCUT2D eigenvalue weighted by molar-refractivity contribution is 6.08. The van der Waals surface area contributed by atoms with E-state index in [9.17, 15) is 9.90 Å². The number of carbonyl (C=O) groups is 1. The Labute approximate surface area is 235 Å². The number of amides is 1. The van der Waals surface area contributed by atoms with E-state index in [1.54, 1.807) is 32.5 Å². The number of fused-ring (bicyclic) bond motifs is 2. The molecule has 0 fully saturated rings. The SMILES string of the molecule is Cc1ccn2c1C(=O)N(c1ccccc1)C([C@H](C)Nc1ncnc3[nH]cc(-c4ccn(-c5cccc(O)c5)n4)c13)N2. The van der Waals surface area contributed by atoms with E-state index in [4.69, 9.17) is 5.10 Å². The van der Waals surface area contributed by atoms with Crippen molar-refractivity contribution in [2.24, 2.45) is 0 Å². The molecule has 6 aromatic rings. The number of carbonyl (C=O) groups excluding carboxylic acids is 1. The third-order valence-corrected chi connectivity index (χ3v) is 7.36. The normalized spacial score (nSPS) is 15.5. The van der Waals surface area contributed by atoms with Gasteiger partial charge in [-0.25, -0.2) is 14.6 Å². The molecule has 1 unspecified atom stereocenters. The molecule has 0 saturated carbocycles. The van der Waals surface area contributed by atoms with Crippen LogP contribution in [0.5, 0.6) is 5.75 Å². The highest BCUT2D eigenvalue weighted by Crippen LogP contribution is 2.33. The third-order valence-electron chi connectivity index (χ3n) is 7.36. The van der Waals surface area contributed by atoms with E-state index >= 15 is 0 Å². The second-order valence-electron chi connectivity index (χ2n) is 10.0. The molecule has 1 aliphatic rings. The van der Waals surface area contributed by atoms with E-state index in [2.05, 4.69) is 25.7 Å². The summed E-state index contributed by atoms with van der Waals surface area (Å²) in [5.41, 5.74) is 8.76. The minimum Gasteiger partial charge on any atom is -0.508 e. The van der Waals surface area contributed by atoms with Crippen LogP contribution in [0.4, 0.5) is 11.5 Å². The lowest BCUT2D eigenvalue weighted by Crippen LogP contribution is -2.59. The number of phenols is 1. The van der Waals surface area contributed by atoms with Crippen LogP contribution in [0.2, 0.25) is 0 Å². The smallest absolute Gasteiger partial charge is 0.278 e. The summed E-state index contributed by atoms with van der Waals surface area (Å²) in [4.78, 5) is 27.8. The fraction of sp³-hybridized carbons (Fsp3) is 0.133. The van der Waals surface area contributed by atoms with Crippen molar-refractivity contribution in [1.29, 1.82) is 0 Å². The van der Waals surface area contributed by atoms with E-state index in [0.717, 1.165) is 33.6 Å². The van der Waals surface area contributed by atoms with Gasteiger partial charge in [-0.05, 0) is 55.8 Å². The van der Waals surface area contributed by atoms with Crippen molar-refractivity contribution < 1.29 is 9.90 Å². The molecule has 2 aromatic carbocycles. The number of para-hydroxylation sites is 1. The number of anilines is 2. The fourth-order valence-corrected chi connectivity index (χ4v) is 5.37. The summed E-state index contributed by atoms with van der Waals surface area (Å²) in [6.45, 7) is 3.95. The molecule has 4 aromatic heterocycles. The molecular formula is C30H27N9O2. The molecule has 41 heavy (non-hydrogen) atoms. The summed E-state index contributed by atoms with van der Waals surface area (Å²) in [5, 5.41) is 19.0. The van der Waals surface area contributed by atoms with Crippen LogP contribution in [0, 0.1) is 6.92 Å². The number of nitrogens with one attached hydrogen (secondary N) is 3. The van der Waals surface area contributed by atoms with E-state index < -0.39 is 6.17 Å². The van der Waals surface area contributed by atoms with Gasteiger partial charge < -0.3 is 20.8 Å². The lowest BCUT2D eigenvalue weighted by molar-refractivity contribution is 0.0954. The molecule has 0 spiro atoms. The molecule has 4 N–H and O–H groups in total. The third kappa shape index (κ3) is 4.15. The molecule has 0 bridgehead atoms. The van der Waals surface area contributed by atoms with Gasteiger partial charge in [0.15, 0.2) is 0 Å². The number of benzene rings is 2. The van der Waals surface area contributed by atoms with Gasteiger partial charge in [-0.1, -0.05) is 24.3 Å². The van der Waals surface area contributed by atoms with Gasteiger partial charge in [-0.15, -0.1) is 0 Å². The molecule has 1 aliphatic heterocycles. The molecule has 0 radical (unpaired) electrons. The van der Waals surface area contributed by atoms with Crippen molar-refractivity contribution in [1.82, 2.24) is 29.4 Å². The Bertz CT molecular complexity index is 1890. The molecule has 7 rings (SSSR count). The first-order valence-corrected chi connectivity index (χ1v) is 13.2. The summed E-state index contributed by atoms with van der Waals surface area (Å²) in [6.07, 6.45) is 6.65. The molecule has 11 heteroatoms. The zero-order chi connectivity index (χ0) is 28.1. The summed E-state index contributed by atoms with van der Waals surface area (Å²) < 4.78 is 3.50. The van der Waals surface area contributed by atoms with E-state index in [1.165, 1.54) is 6.33 Å². The van der Waals surface area contributed by atoms with Gasteiger partial charge in [0.1, 0.15) is 35.4 Å². The first kappa shape index (κ1) is 24.5. The number of hydrogen-bond acceptors (Lipinski definition) is 7. The number of rotatable bonds is 6. The van der Waals surface area contributed by atoms with Crippen molar-refractivity contribution in [2.45, 2.75) is 26.1 Å². The zero-order valence-corrected chi connectivity index (χ0v) is 22.4. The number of hydrogen-bond donors (Lipinski definition) is 4.